The maximum atomic E-state index is 6.01. The van der Waals surface area contributed by atoms with Gasteiger partial charge in [-0.1, -0.05) is 0 Å². The monoisotopic (exact) mass is 346 g/mol. The summed E-state index contributed by atoms with van der Waals surface area (Å²) in [6, 6.07) is 5.82. The number of nitrogens with zero attached hydrogens (tertiary/aromatic N) is 4. The van der Waals surface area contributed by atoms with Crippen LogP contribution in [0.5, 0.6) is 0 Å². The van der Waals surface area contributed by atoms with Crippen LogP contribution in [0.3, 0.4) is 0 Å². The average Bonchev–Trinajstić information content (AvgIpc) is 2.87. The molecule has 0 saturated carbocycles. The van der Waals surface area contributed by atoms with Gasteiger partial charge in [-0.3, -0.25) is 4.98 Å². The quantitative estimate of drug-likeness (QED) is 0.708. The summed E-state index contributed by atoms with van der Waals surface area (Å²) in [6.07, 6.45) is 4.27. The normalized spacial score (nSPS) is 11.0. The van der Waals surface area contributed by atoms with Crippen LogP contribution in [0.2, 0.25) is 0 Å². The van der Waals surface area contributed by atoms with Gasteiger partial charge in [0.2, 0.25) is 0 Å². The zero-order valence-corrected chi connectivity index (χ0v) is 13.1. The molecular formula is C14H15BrN6. The summed E-state index contributed by atoms with van der Waals surface area (Å²) in [4.78, 5) is 4.45. The fraction of sp³-hybridized carbons (Fsp3) is 0.214. The van der Waals surface area contributed by atoms with Crippen molar-refractivity contribution in [1.82, 2.24) is 19.7 Å². The predicted molar refractivity (Wildman–Crippen MR) is 87.1 cm³/mol. The molecule has 21 heavy (non-hydrogen) atoms. The van der Waals surface area contributed by atoms with Crippen LogP contribution in [0.1, 0.15) is 5.82 Å². The molecule has 6 nitrogen and oxygen atoms in total. The average molecular weight is 347 g/mol. The number of anilines is 2. The molecule has 0 spiro atoms. The second kappa shape index (κ2) is 5.69. The molecule has 7 heteroatoms. The molecule has 0 fully saturated rings. The fourth-order valence-electron chi connectivity index (χ4n) is 2.20. The molecule has 0 aliphatic rings. The van der Waals surface area contributed by atoms with E-state index in [0.717, 1.165) is 45.5 Å². The van der Waals surface area contributed by atoms with Gasteiger partial charge in [-0.05, 0) is 34.1 Å². The van der Waals surface area contributed by atoms with Crippen molar-refractivity contribution in [3.05, 3.63) is 41.0 Å². The van der Waals surface area contributed by atoms with E-state index in [0.29, 0.717) is 0 Å². The van der Waals surface area contributed by atoms with Gasteiger partial charge in [0.05, 0.1) is 11.2 Å². The first kappa shape index (κ1) is 13.8. The van der Waals surface area contributed by atoms with Crippen molar-refractivity contribution < 1.29 is 0 Å². The number of pyridine rings is 1. The van der Waals surface area contributed by atoms with E-state index in [9.17, 15) is 0 Å². The van der Waals surface area contributed by atoms with Gasteiger partial charge in [0, 0.05) is 41.8 Å². The maximum absolute atomic E-state index is 6.01. The first-order valence-corrected chi connectivity index (χ1v) is 7.35. The Morgan fingerprint density at radius 1 is 1.38 bits per heavy atom. The number of benzene rings is 1. The Hall–Kier alpha value is -2.15. The van der Waals surface area contributed by atoms with E-state index in [1.807, 2.05) is 29.8 Å². The topological polar surface area (TPSA) is 81.7 Å². The molecule has 0 radical (unpaired) electrons. The highest BCUT2D eigenvalue weighted by atomic mass is 79.9. The molecule has 1 aromatic carbocycles. The Balaban J connectivity index is 1.81. The first-order chi connectivity index (χ1) is 10.1. The number of nitrogen functional groups attached to an aromatic ring is 1. The number of hydrogen-bond acceptors (Lipinski definition) is 5. The van der Waals surface area contributed by atoms with Crippen molar-refractivity contribution in [2.75, 3.05) is 17.6 Å². The molecule has 0 saturated heterocycles. The van der Waals surface area contributed by atoms with Gasteiger partial charge < -0.3 is 15.6 Å². The molecule has 108 valence electrons. The number of rotatable bonds is 4. The third kappa shape index (κ3) is 2.82. The lowest BCUT2D eigenvalue weighted by Gasteiger charge is -2.10. The number of nitrogens with one attached hydrogen (secondary N) is 1. The van der Waals surface area contributed by atoms with Crippen molar-refractivity contribution in [3.63, 3.8) is 0 Å². The standard InChI is InChI=1S/C14H15BrN6/c1-21-8-19-20-13(21)4-5-17-12-3-2-11(16)10-6-9(15)7-18-14(10)12/h2-3,6-8,17H,4-5,16H2,1H3. The second-order valence-corrected chi connectivity index (χ2v) is 5.70. The van der Waals surface area contributed by atoms with E-state index in [4.69, 9.17) is 5.73 Å². The lowest BCUT2D eigenvalue weighted by atomic mass is 10.1. The van der Waals surface area contributed by atoms with Crippen LogP contribution in [0.4, 0.5) is 11.4 Å². The number of hydrogen-bond donors (Lipinski definition) is 2. The highest BCUT2D eigenvalue weighted by Gasteiger charge is 2.07. The minimum atomic E-state index is 0.720. The van der Waals surface area contributed by atoms with Crippen molar-refractivity contribution in [3.8, 4) is 0 Å². The van der Waals surface area contributed by atoms with Gasteiger partial charge >= 0.3 is 0 Å². The van der Waals surface area contributed by atoms with Crippen LogP contribution < -0.4 is 11.1 Å². The third-order valence-corrected chi connectivity index (χ3v) is 3.75. The summed E-state index contributed by atoms with van der Waals surface area (Å²) in [7, 11) is 1.94. The molecule has 2 aromatic heterocycles. The van der Waals surface area contributed by atoms with Crippen molar-refractivity contribution >= 4 is 38.2 Å². The van der Waals surface area contributed by atoms with Crippen LogP contribution in [0, 0.1) is 0 Å². The van der Waals surface area contributed by atoms with E-state index in [2.05, 4.69) is 36.4 Å². The summed E-state index contributed by atoms with van der Waals surface area (Å²) in [6.45, 7) is 0.753. The number of nitrogens with two attached hydrogens (primary N) is 1. The van der Waals surface area contributed by atoms with Gasteiger partial charge in [-0.15, -0.1) is 10.2 Å². The number of halogens is 1. The van der Waals surface area contributed by atoms with Crippen molar-refractivity contribution in [2.45, 2.75) is 6.42 Å². The molecule has 3 rings (SSSR count). The van der Waals surface area contributed by atoms with Gasteiger partial charge in [-0.2, -0.15) is 0 Å². The van der Waals surface area contributed by atoms with Crippen molar-refractivity contribution in [2.24, 2.45) is 7.05 Å². The van der Waals surface area contributed by atoms with Gasteiger partial charge in [-0.25, -0.2) is 0 Å². The molecule has 0 bridgehead atoms. The van der Waals surface area contributed by atoms with Crippen LogP contribution in [-0.2, 0) is 13.5 Å². The van der Waals surface area contributed by atoms with Gasteiger partial charge in [0.15, 0.2) is 0 Å². The summed E-state index contributed by atoms with van der Waals surface area (Å²) in [5.74, 6) is 0.943. The Labute approximate surface area is 130 Å². The molecule has 0 aliphatic heterocycles. The Bertz CT molecular complexity index is 782. The Morgan fingerprint density at radius 2 is 2.24 bits per heavy atom. The third-order valence-electron chi connectivity index (χ3n) is 3.32. The molecule has 0 aliphatic carbocycles. The van der Waals surface area contributed by atoms with E-state index in [1.54, 1.807) is 12.5 Å². The first-order valence-electron chi connectivity index (χ1n) is 6.55. The van der Waals surface area contributed by atoms with Crippen LogP contribution in [-0.4, -0.2) is 26.3 Å². The maximum Gasteiger partial charge on any atom is 0.134 e. The summed E-state index contributed by atoms with van der Waals surface area (Å²) >= 11 is 3.42. The zero-order chi connectivity index (χ0) is 14.8. The minimum absolute atomic E-state index is 0.720. The lowest BCUT2D eigenvalue weighted by Crippen LogP contribution is -2.09. The molecule has 0 unspecified atom stereocenters. The smallest absolute Gasteiger partial charge is 0.134 e. The molecular weight excluding hydrogens is 332 g/mol. The van der Waals surface area contributed by atoms with E-state index >= 15 is 0 Å². The zero-order valence-electron chi connectivity index (χ0n) is 11.5. The van der Waals surface area contributed by atoms with E-state index in [1.165, 1.54) is 0 Å². The van der Waals surface area contributed by atoms with E-state index < -0.39 is 0 Å². The predicted octanol–water partition coefficient (Wildman–Crippen LogP) is 2.36. The number of aromatic nitrogens is 4. The largest absolute Gasteiger partial charge is 0.398 e. The van der Waals surface area contributed by atoms with Gasteiger partial charge in [0.1, 0.15) is 12.2 Å². The summed E-state index contributed by atoms with van der Waals surface area (Å²) in [5.41, 5.74) is 8.57. The summed E-state index contributed by atoms with van der Waals surface area (Å²) in [5, 5.41) is 12.3. The van der Waals surface area contributed by atoms with Crippen LogP contribution in [0.25, 0.3) is 10.9 Å². The molecule has 0 amide bonds. The SMILES string of the molecule is Cn1cnnc1CCNc1ccc(N)c2cc(Br)cnc12. The van der Waals surface area contributed by atoms with E-state index in [-0.39, 0.29) is 0 Å². The highest BCUT2D eigenvalue weighted by Crippen LogP contribution is 2.28. The summed E-state index contributed by atoms with van der Waals surface area (Å²) < 4.78 is 2.83. The second-order valence-electron chi connectivity index (χ2n) is 4.79. The Kier molecular flexibility index (Phi) is 3.74. The van der Waals surface area contributed by atoms with Crippen LogP contribution in [0.15, 0.2) is 35.2 Å². The lowest BCUT2D eigenvalue weighted by molar-refractivity contribution is 0.789. The van der Waals surface area contributed by atoms with Crippen molar-refractivity contribution in [1.29, 1.82) is 0 Å². The number of aryl methyl sites for hydroxylation is 1. The van der Waals surface area contributed by atoms with Gasteiger partial charge in [0.25, 0.3) is 0 Å². The molecule has 3 aromatic rings. The molecule has 0 atom stereocenters. The minimum Gasteiger partial charge on any atom is -0.398 e. The molecule has 3 N–H and O–H groups in total. The highest BCUT2D eigenvalue weighted by molar-refractivity contribution is 9.10. The van der Waals surface area contributed by atoms with Crippen LogP contribution >= 0.6 is 15.9 Å². The molecule has 2 heterocycles. The fourth-order valence-corrected chi connectivity index (χ4v) is 2.53. The Morgan fingerprint density at radius 3 is 3.00 bits per heavy atom. The number of fused-ring (bicyclic) bond motifs is 1.